The van der Waals surface area contributed by atoms with Crippen LogP contribution in [0.5, 0.6) is 0 Å². The fourth-order valence-electron chi connectivity index (χ4n) is 3.23. The van der Waals surface area contributed by atoms with Crippen LogP contribution in [0.4, 0.5) is 0 Å². The van der Waals surface area contributed by atoms with Gasteiger partial charge in [-0.05, 0) is 44.4 Å². The maximum atomic E-state index is 12.7. The Morgan fingerprint density at radius 2 is 1.75 bits per heavy atom. The highest BCUT2D eigenvalue weighted by Crippen LogP contribution is 2.24. The second-order valence-corrected chi connectivity index (χ2v) is 6.81. The number of nitrogens with one attached hydrogen (secondary N) is 2. The molecule has 0 unspecified atom stereocenters. The van der Waals surface area contributed by atoms with Crippen LogP contribution in [0.1, 0.15) is 10.4 Å². The Morgan fingerprint density at radius 1 is 1.00 bits per heavy atom. The minimum Gasteiger partial charge on any atom is -0.352 e. The first-order valence-corrected chi connectivity index (χ1v) is 8.82. The molecule has 4 rings (SSSR count). The van der Waals surface area contributed by atoms with Crippen LogP contribution in [0.2, 0.25) is 0 Å². The summed E-state index contributed by atoms with van der Waals surface area (Å²) < 4.78 is 0. The zero-order valence-corrected chi connectivity index (χ0v) is 17.4. The molecule has 0 aliphatic carbocycles. The molecule has 3 aromatic carbocycles. The lowest BCUT2D eigenvalue weighted by molar-refractivity contribution is 0.0952. The second kappa shape index (κ2) is 8.08. The van der Waals surface area contributed by atoms with Crippen molar-refractivity contribution in [3.8, 4) is 0 Å². The summed E-state index contributed by atoms with van der Waals surface area (Å²) in [5.41, 5.74) is 3.36. The van der Waals surface area contributed by atoms with Crippen molar-refractivity contribution in [3.05, 3.63) is 64.3 Å². The summed E-state index contributed by atoms with van der Waals surface area (Å²) in [6.07, 6.45) is 0. The zero-order valence-electron chi connectivity index (χ0n) is 15.7. The summed E-state index contributed by atoms with van der Waals surface area (Å²) >= 11 is 0. The topological polar surface area (TPSA) is 78.1 Å². The van der Waals surface area contributed by atoms with E-state index in [0.717, 1.165) is 23.0 Å². The van der Waals surface area contributed by atoms with Gasteiger partial charge in [0.15, 0.2) is 5.43 Å². The average Bonchev–Trinajstić information content (AvgIpc) is 2.65. The monoisotopic (exact) mass is 440 g/mol. The van der Waals surface area contributed by atoms with Crippen LogP contribution in [-0.2, 0) is 0 Å². The minimum absolute atomic E-state index is 0. The van der Waals surface area contributed by atoms with E-state index in [1.54, 1.807) is 18.2 Å². The first-order chi connectivity index (χ1) is 13.0. The van der Waals surface area contributed by atoms with E-state index < -0.39 is 0 Å². The molecule has 0 fully saturated rings. The second-order valence-electron chi connectivity index (χ2n) is 6.81. The van der Waals surface area contributed by atoms with Gasteiger partial charge in [-0.3, -0.25) is 9.59 Å². The molecule has 28 heavy (non-hydrogen) atoms. The van der Waals surface area contributed by atoms with Crippen LogP contribution in [-0.4, -0.2) is 48.0 Å². The summed E-state index contributed by atoms with van der Waals surface area (Å²) in [6.45, 7) is 1.32. The Hall–Kier alpha value is -2.77. The van der Waals surface area contributed by atoms with Gasteiger partial charge in [-0.2, -0.15) is 0 Å². The predicted molar refractivity (Wildman–Crippen MR) is 119 cm³/mol. The molecule has 1 amide bonds. The quantitative estimate of drug-likeness (QED) is 0.377. The third-order valence-corrected chi connectivity index (χ3v) is 4.61. The van der Waals surface area contributed by atoms with Gasteiger partial charge >= 0.3 is 0 Å². The Balaban J connectivity index is 0.00000225. The largest absolute Gasteiger partial charge is 0.352 e. The number of hydrogen-bond acceptors (Lipinski definition) is 4. The van der Waals surface area contributed by atoms with Crippen molar-refractivity contribution in [2.24, 2.45) is 0 Å². The highest BCUT2D eigenvalue weighted by molar-refractivity contribution is 8.93. The summed E-state index contributed by atoms with van der Waals surface area (Å²) in [5, 5.41) is 4.33. The molecule has 0 saturated carbocycles. The van der Waals surface area contributed by atoms with E-state index in [2.05, 4.69) is 10.3 Å². The van der Waals surface area contributed by atoms with Crippen molar-refractivity contribution < 1.29 is 4.79 Å². The number of rotatable bonds is 4. The van der Waals surface area contributed by atoms with Gasteiger partial charge in [-0.25, -0.2) is 4.98 Å². The molecule has 0 aliphatic heterocycles. The summed E-state index contributed by atoms with van der Waals surface area (Å²) in [7, 11) is 3.92. The highest BCUT2D eigenvalue weighted by Gasteiger charge is 2.13. The maximum Gasteiger partial charge on any atom is 0.253 e. The number of carbonyl (C=O) groups is 1. The number of H-pyrrole nitrogens is 1. The average molecular weight is 441 g/mol. The number of carbonyl (C=O) groups excluding carboxylic acids is 1. The Morgan fingerprint density at radius 3 is 2.54 bits per heavy atom. The summed E-state index contributed by atoms with van der Waals surface area (Å²) in [5.74, 6) is -0.160. The van der Waals surface area contributed by atoms with E-state index in [1.807, 2.05) is 49.3 Å². The number of aromatic amines is 1. The standard InChI is InChI=1S/C21H20N4O2.BrH/c1-25(2)12-11-22-21(27)15-6-3-7-16-20(15)24-19-14-5-4-8-18(26)13(14)9-10-17(19)23-16;/h3-10,23H,11-12H2,1-2H3,(H,22,27);1H. The molecule has 0 radical (unpaired) electrons. The fourth-order valence-corrected chi connectivity index (χ4v) is 3.23. The lowest BCUT2D eigenvalue weighted by Gasteiger charge is -2.12. The van der Waals surface area contributed by atoms with E-state index in [1.165, 1.54) is 0 Å². The molecule has 0 bridgehead atoms. The molecule has 6 nitrogen and oxygen atoms in total. The highest BCUT2D eigenvalue weighted by atomic mass is 79.9. The van der Waals surface area contributed by atoms with Gasteiger partial charge in [0.05, 0.1) is 27.6 Å². The number of fused-ring (bicyclic) bond motifs is 4. The third kappa shape index (κ3) is 3.63. The van der Waals surface area contributed by atoms with Gasteiger partial charge in [0.2, 0.25) is 0 Å². The first-order valence-electron chi connectivity index (χ1n) is 8.82. The van der Waals surface area contributed by atoms with Gasteiger partial charge in [-0.1, -0.05) is 18.2 Å². The van der Waals surface area contributed by atoms with Crippen molar-refractivity contribution in [1.29, 1.82) is 0 Å². The number of nitrogens with zero attached hydrogens (tertiary/aromatic N) is 2. The van der Waals surface area contributed by atoms with E-state index >= 15 is 0 Å². The van der Waals surface area contributed by atoms with Crippen molar-refractivity contribution >= 4 is 55.7 Å². The number of aromatic nitrogens is 2. The molecule has 2 N–H and O–H groups in total. The summed E-state index contributed by atoms with van der Waals surface area (Å²) in [4.78, 5) is 34.9. The molecular weight excluding hydrogens is 420 g/mol. The molecule has 0 saturated heterocycles. The van der Waals surface area contributed by atoms with E-state index in [0.29, 0.717) is 28.5 Å². The van der Waals surface area contributed by atoms with Crippen LogP contribution in [0.15, 0.2) is 53.3 Å². The Labute approximate surface area is 172 Å². The molecule has 144 valence electrons. The maximum absolute atomic E-state index is 12.7. The number of halogens is 1. The molecule has 1 aromatic heterocycles. The molecule has 0 atom stereocenters. The lowest BCUT2D eigenvalue weighted by atomic mass is 10.1. The lowest BCUT2D eigenvalue weighted by Crippen LogP contribution is -2.31. The van der Waals surface area contributed by atoms with Gasteiger partial charge in [0.1, 0.15) is 0 Å². The molecule has 0 spiro atoms. The number of likely N-dealkylation sites (N-methyl/N-ethyl adjacent to an activating group) is 1. The molecule has 1 heterocycles. The van der Waals surface area contributed by atoms with Crippen molar-refractivity contribution in [2.45, 2.75) is 0 Å². The zero-order chi connectivity index (χ0) is 19.0. The molecular formula is C21H21BrN4O2. The number of hydrogen-bond donors (Lipinski definition) is 2. The number of amides is 1. The van der Waals surface area contributed by atoms with E-state index in [4.69, 9.17) is 4.98 Å². The van der Waals surface area contributed by atoms with E-state index in [9.17, 15) is 9.59 Å². The van der Waals surface area contributed by atoms with Crippen molar-refractivity contribution in [3.63, 3.8) is 0 Å². The van der Waals surface area contributed by atoms with Gasteiger partial charge in [-0.15, -0.1) is 17.0 Å². The van der Waals surface area contributed by atoms with Crippen LogP contribution >= 0.6 is 17.0 Å². The van der Waals surface area contributed by atoms with Crippen molar-refractivity contribution in [2.75, 3.05) is 27.2 Å². The number of benzene rings is 3. The van der Waals surface area contributed by atoms with Gasteiger partial charge in [0.25, 0.3) is 5.91 Å². The van der Waals surface area contributed by atoms with Crippen LogP contribution in [0.3, 0.4) is 0 Å². The van der Waals surface area contributed by atoms with Gasteiger partial charge in [0, 0.05) is 23.9 Å². The van der Waals surface area contributed by atoms with Crippen molar-refractivity contribution in [1.82, 2.24) is 20.2 Å². The molecule has 0 aliphatic rings. The Kier molecular flexibility index (Phi) is 5.76. The Bertz CT molecular complexity index is 1230. The minimum atomic E-state index is -0.160. The van der Waals surface area contributed by atoms with Crippen LogP contribution < -0.4 is 10.7 Å². The smallest absolute Gasteiger partial charge is 0.253 e. The molecule has 7 heteroatoms. The predicted octanol–water partition coefficient (Wildman–Crippen LogP) is 3.10. The van der Waals surface area contributed by atoms with Crippen LogP contribution in [0.25, 0.3) is 32.8 Å². The first kappa shape index (κ1) is 20.0. The molecule has 4 aromatic rings. The number of para-hydroxylation sites is 1. The van der Waals surface area contributed by atoms with Crippen LogP contribution in [0, 0.1) is 0 Å². The third-order valence-electron chi connectivity index (χ3n) is 4.61. The SMILES string of the molecule is Br.CN(C)CCNC(=O)c1cccc2[nH]c3ccc4c(=O)cccc4c3nc12. The summed E-state index contributed by atoms with van der Waals surface area (Å²) in [6, 6.07) is 14.3. The van der Waals surface area contributed by atoms with Gasteiger partial charge < -0.3 is 15.2 Å². The normalized spacial score (nSPS) is 11.1. The fraction of sp³-hybridized carbons (Fsp3) is 0.190. The van der Waals surface area contributed by atoms with E-state index in [-0.39, 0.29) is 28.3 Å².